The molecule has 94 valence electrons. The first-order valence-corrected chi connectivity index (χ1v) is 6.54. The van der Waals surface area contributed by atoms with Gasteiger partial charge < -0.3 is 4.90 Å². The van der Waals surface area contributed by atoms with Crippen LogP contribution in [0, 0.1) is 0 Å². The van der Waals surface area contributed by atoms with Crippen molar-refractivity contribution in [2.24, 2.45) is 0 Å². The predicted molar refractivity (Wildman–Crippen MR) is 75.1 cm³/mol. The first-order chi connectivity index (χ1) is 7.88. The fourth-order valence-electron chi connectivity index (χ4n) is 1.25. The number of rotatable bonds is 4. The lowest BCUT2D eigenvalue weighted by molar-refractivity contribution is 0.779. The lowest BCUT2D eigenvalue weighted by Gasteiger charge is -2.20. The van der Waals surface area contributed by atoms with Crippen LogP contribution in [-0.4, -0.2) is 18.1 Å². The second kappa shape index (κ2) is 13.9. The van der Waals surface area contributed by atoms with Crippen LogP contribution in [0.1, 0.15) is 48.0 Å². The lowest BCUT2D eigenvalue weighted by atomic mass is 10.3. The van der Waals surface area contributed by atoms with E-state index >= 15 is 0 Å². The zero-order valence-electron chi connectivity index (χ0n) is 11.8. The van der Waals surface area contributed by atoms with E-state index in [0.717, 1.165) is 18.9 Å². The normalized spacial score (nSPS) is 8.12. The highest BCUT2D eigenvalue weighted by Gasteiger charge is 2.01. The summed E-state index contributed by atoms with van der Waals surface area (Å²) in [7, 11) is 0. The first kappa shape index (κ1) is 17.3. The molecule has 0 saturated heterocycles. The molecule has 0 N–H and O–H groups in total. The molecule has 0 saturated carbocycles. The van der Waals surface area contributed by atoms with Crippen molar-refractivity contribution in [3.05, 3.63) is 24.4 Å². The summed E-state index contributed by atoms with van der Waals surface area (Å²) in [5.74, 6) is 1.09. The summed E-state index contributed by atoms with van der Waals surface area (Å²) in [5.41, 5.74) is 0. The number of hydrogen-bond donors (Lipinski definition) is 0. The Labute approximate surface area is 102 Å². The summed E-state index contributed by atoms with van der Waals surface area (Å²) in [6, 6.07) is 6.03. The number of anilines is 1. The van der Waals surface area contributed by atoms with Crippen LogP contribution in [0.3, 0.4) is 0 Å². The van der Waals surface area contributed by atoms with E-state index in [9.17, 15) is 0 Å². The van der Waals surface area contributed by atoms with Crippen molar-refractivity contribution >= 4 is 5.82 Å². The molecule has 1 rings (SSSR count). The van der Waals surface area contributed by atoms with Gasteiger partial charge in [0, 0.05) is 19.3 Å². The van der Waals surface area contributed by atoms with Gasteiger partial charge in [-0.2, -0.15) is 0 Å². The zero-order chi connectivity index (χ0) is 12.8. The van der Waals surface area contributed by atoms with Gasteiger partial charge in [0.05, 0.1) is 0 Å². The zero-order valence-corrected chi connectivity index (χ0v) is 11.8. The van der Waals surface area contributed by atoms with Gasteiger partial charge in [0.15, 0.2) is 0 Å². The molecule has 0 aromatic carbocycles. The molecule has 0 atom stereocenters. The number of pyridine rings is 1. The van der Waals surface area contributed by atoms with E-state index in [-0.39, 0.29) is 0 Å². The van der Waals surface area contributed by atoms with Crippen LogP contribution in [0.15, 0.2) is 24.4 Å². The minimum absolute atomic E-state index is 1.03. The van der Waals surface area contributed by atoms with Gasteiger partial charge in [-0.3, -0.25) is 0 Å². The highest BCUT2D eigenvalue weighted by Crippen LogP contribution is 2.08. The van der Waals surface area contributed by atoms with Gasteiger partial charge in [-0.15, -0.1) is 0 Å². The summed E-state index contributed by atoms with van der Waals surface area (Å²) >= 11 is 0. The average molecular weight is 224 g/mol. The molecule has 1 heterocycles. The van der Waals surface area contributed by atoms with Gasteiger partial charge >= 0.3 is 0 Å². The maximum Gasteiger partial charge on any atom is 0.128 e. The molecule has 0 bridgehead atoms. The van der Waals surface area contributed by atoms with Crippen LogP contribution < -0.4 is 4.90 Å². The van der Waals surface area contributed by atoms with E-state index in [1.165, 1.54) is 6.42 Å². The van der Waals surface area contributed by atoms with E-state index in [1.807, 2.05) is 46.0 Å². The fourth-order valence-corrected chi connectivity index (χ4v) is 1.25. The van der Waals surface area contributed by atoms with Gasteiger partial charge in [0.25, 0.3) is 0 Å². The highest BCUT2D eigenvalue weighted by molar-refractivity contribution is 5.37. The lowest BCUT2D eigenvalue weighted by Crippen LogP contribution is -2.24. The molecule has 0 fully saturated rings. The van der Waals surface area contributed by atoms with Crippen molar-refractivity contribution < 1.29 is 0 Å². The first-order valence-electron chi connectivity index (χ1n) is 6.54. The van der Waals surface area contributed by atoms with Crippen LogP contribution in [-0.2, 0) is 0 Å². The molecular formula is C14H28N2. The topological polar surface area (TPSA) is 16.1 Å². The van der Waals surface area contributed by atoms with E-state index in [4.69, 9.17) is 0 Å². The Morgan fingerprint density at radius 2 is 1.69 bits per heavy atom. The molecule has 0 radical (unpaired) electrons. The Kier molecular flexibility index (Phi) is 15.1. The fraction of sp³-hybridized carbons (Fsp3) is 0.643. The molecular weight excluding hydrogens is 196 g/mol. The molecule has 0 aliphatic carbocycles. The minimum atomic E-state index is 1.03. The maximum atomic E-state index is 4.29. The number of nitrogens with zero attached hydrogens (tertiary/aromatic N) is 2. The highest BCUT2D eigenvalue weighted by atomic mass is 15.2. The van der Waals surface area contributed by atoms with Gasteiger partial charge in [-0.1, -0.05) is 40.7 Å². The van der Waals surface area contributed by atoms with Gasteiger partial charge in [0.2, 0.25) is 0 Å². The maximum absolute atomic E-state index is 4.29. The Hall–Kier alpha value is -1.05. The van der Waals surface area contributed by atoms with E-state index in [1.54, 1.807) is 0 Å². The van der Waals surface area contributed by atoms with Crippen LogP contribution in [0.2, 0.25) is 0 Å². The molecule has 0 amide bonds. The summed E-state index contributed by atoms with van der Waals surface area (Å²) in [6.07, 6.45) is 3.01. The van der Waals surface area contributed by atoms with Crippen molar-refractivity contribution in [2.75, 3.05) is 18.0 Å². The largest absolute Gasteiger partial charge is 0.357 e. The van der Waals surface area contributed by atoms with Crippen molar-refractivity contribution in [1.29, 1.82) is 0 Å². The monoisotopic (exact) mass is 224 g/mol. The van der Waals surface area contributed by atoms with E-state index in [0.29, 0.717) is 0 Å². The molecule has 1 aromatic heterocycles. The number of aromatic nitrogens is 1. The number of hydrogen-bond acceptors (Lipinski definition) is 2. The van der Waals surface area contributed by atoms with E-state index in [2.05, 4.69) is 29.8 Å². The Morgan fingerprint density at radius 3 is 2.06 bits per heavy atom. The van der Waals surface area contributed by atoms with Crippen molar-refractivity contribution in [3.63, 3.8) is 0 Å². The van der Waals surface area contributed by atoms with Crippen molar-refractivity contribution in [3.8, 4) is 0 Å². The summed E-state index contributed by atoms with van der Waals surface area (Å²) in [6.45, 7) is 14.5. The summed E-state index contributed by atoms with van der Waals surface area (Å²) in [5, 5.41) is 0. The summed E-state index contributed by atoms with van der Waals surface area (Å²) in [4.78, 5) is 6.57. The van der Waals surface area contributed by atoms with Crippen LogP contribution >= 0.6 is 0 Å². The predicted octanol–water partition coefficient (Wildman–Crippen LogP) is 4.37. The molecule has 0 unspecified atom stereocenters. The summed E-state index contributed by atoms with van der Waals surface area (Å²) < 4.78 is 0. The molecule has 1 aromatic rings. The second-order valence-electron chi connectivity index (χ2n) is 2.77. The molecule has 0 aliphatic heterocycles. The van der Waals surface area contributed by atoms with Gasteiger partial charge in [-0.25, -0.2) is 4.98 Å². The molecule has 0 spiro atoms. The van der Waals surface area contributed by atoms with Gasteiger partial charge in [-0.05, 0) is 25.5 Å². The van der Waals surface area contributed by atoms with Gasteiger partial charge in [0.1, 0.15) is 5.82 Å². The third-order valence-electron chi connectivity index (χ3n) is 1.85. The molecule has 16 heavy (non-hydrogen) atoms. The van der Waals surface area contributed by atoms with Crippen LogP contribution in [0.25, 0.3) is 0 Å². The Balaban J connectivity index is 0. The average Bonchev–Trinajstić information content (AvgIpc) is 2.41. The van der Waals surface area contributed by atoms with E-state index < -0.39 is 0 Å². The van der Waals surface area contributed by atoms with Crippen LogP contribution in [0.4, 0.5) is 5.82 Å². The SMILES string of the molecule is CC.CC.CCCN(CC)c1ccccn1. The Morgan fingerprint density at radius 1 is 1.06 bits per heavy atom. The third kappa shape index (κ3) is 7.27. The van der Waals surface area contributed by atoms with Crippen molar-refractivity contribution in [2.45, 2.75) is 48.0 Å². The van der Waals surface area contributed by atoms with Crippen LogP contribution in [0.5, 0.6) is 0 Å². The molecule has 2 nitrogen and oxygen atoms in total. The Bertz CT molecular complexity index is 209. The standard InChI is InChI=1S/C10H16N2.2C2H6/c1-3-9-12(4-2)10-7-5-6-8-11-10;2*1-2/h5-8H,3-4,9H2,1-2H3;2*1-2H3. The smallest absolute Gasteiger partial charge is 0.128 e. The molecule has 0 aliphatic rings. The second-order valence-corrected chi connectivity index (χ2v) is 2.77. The third-order valence-corrected chi connectivity index (χ3v) is 1.85. The quantitative estimate of drug-likeness (QED) is 0.755. The van der Waals surface area contributed by atoms with Crippen molar-refractivity contribution in [1.82, 2.24) is 4.98 Å². The minimum Gasteiger partial charge on any atom is -0.357 e. The molecule has 2 heteroatoms.